The Labute approximate surface area is 203 Å². The summed E-state index contributed by atoms with van der Waals surface area (Å²) in [5.41, 5.74) is -0.0762. The van der Waals surface area contributed by atoms with Gasteiger partial charge in [-0.15, -0.1) is 11.3 Å². The summed E-state index contributed by atoms with van der Waals surface area (Å²) >= 11 is 1.21. The van der Waals surface area contributed by atoms with Crippen molar-refractivity contribution < 1.29 is 19.0 Å². The molecule has 4 heterocycles. The number of anilines is 1. The summed E-state index contributed by atoms with van der Waals surface area (Å²) in [6, 6.07) is 8.53. The van der Waals surface area contributed by atoms with Crippen molar-refractivity contribution in [2.75, 3.05) is 26.1 Å². The average Bonchev–Trinajstić information content (AvgIpc) is 3.52. The third-order valence-electron chi connectivity index (χ3n) is 5.96. The van der Waals surface area contributed by atoms with Crippen LogP contribution in [0.25, 0.3) is 20.4 Å². The second kappa shape index (κ2) is 9.51. The Kier molecular flexibility index (Phi) is 6.27. The Bertz CT molecular complexity index is 1510. The lowest BCUT2D eigenvalue weighted by Crippen LogP contribution is -2.43. The molecular formula is C24H24N4O6S. The van der Waals surface area contributed by atoms with Crippen LogP contribution in [0, 0.1) is 0 Å². The van der Waals surface area contributed by atoms with E-state index in [1.165, 1.54) is 34.7 Å². The normalized spacial score (nSPS) is 15.5. The average molecular weight is 497 g/mol. The highest BCUT2D eigenvalue weighted by Crippen LogP contribution is 2.30. The van der Waals surface area contributed by atoms with E-state index >= 15 is 0 Å². The number of carbonyl (C=O) groups is 1. The minimum absolute atomic E-state index is 0.143. The van der Waals surface area contributed by atoms with Crippen LogP contribution >= 0.6 is 11.3 Å². The Balaban J connectivity index is 1.58. The molecule has 1 aromatic carbocycles. The summed E-state index contributed by atoms with van der Waals surface area (Å²) < 4.78 is 19.1. The molecule has 0 spiro atoms. The molecule has 1 saturated heterocycles. The van der Waals surface area contributed by atoms with Crippen LogP contribution < -0.4 is 26.0 Å². The first-order valence-electron chi connectivity index (χ1n) is 11.1. The molecule has 1 amide bonds. The molecule has 1 fully saturated rings. The molecule has 5 rings (SSSR count). The van der Waals surface area contributed by atoms with E-state index in [0.29, 0.717) is 44.2 Å². The molecule has 3 aromatic heterocycles. The van der Waals surface area contributed by atoms with Crippen LogP contribution in [0.15, 0.2) is 46.1 Å². The highest BCUT2D eigenvalue weighted by Gasteiger charge is 2.24. The number of fused-ring (bicyclic) bond motifs is 3. The first-order chi connectivity index (χ1) is 17.0. The van der Waals surface area contributed by atoms with Crippen LogP contribution in [0.2, 0.25) is 0 Å². The van der Waals surface area contributed by atoms with Gasteiger partial charge in [0.25, 0.3) is 5.56 Å². The smallest absolute Gasteiger partial charge is 0.332 e. The Morgan fingerprint density at radius 2 is 1.97 bits per heavy atom. The van der Waals surface area contributed by atoms with E-state index in [2.05, 4.69) is 10.3 Å². The number of pyridine rings is 1. The van der Waals surface area contributed by atoms with E-state index < -0.39 is 17.2 Å². The van der Waals surface area contributed by atoms with Crippen LogP contribution in [-0.4, -0.2) is 47.0 Å². The standard InChI is InChI=1S/C24H24N4O6S/c1-32-16-9-14(10-17(11-16)33-2)26-19(29)13-27-20-18-6-3-7-25-22(18)35-21(20)23(30)28(24(27)31)12-15-5-4-8-34-15/h3,6-7,9-11,15H,4-5,8,12-13H2,1-2H3,(H,26,29). The van der Waals surface area contributed by atoms with Crippen molar-refractivity contribution in [1.29, 1.82) is 0 Å². The predicted octanol–water partition coefficient (Wildman–Crippen LogP) is 2.61. The molecule has 1 aliphatic rings. The third kappa shape index (κ3) is 4.40. The summed E-state index contributed by atoms with van der Waals surface area (Å²) in [5, 5.41) is 3.45. The van der Waals surface area contributed by atoms with Crippen molar-refractivity contribution >= 4 is 43.4 Å². The van der Waals surface area contributed by atoms with E-state index in [0.717, 1.165) is 12.8 Å². The number of amides is 1. The maximum atomic E-state index is 13.6. The number of thiophene rings is 1. The molecule has 0 radical (unpaired) electrons. The number of rotatable bonds is 7. The SMILES string of the molecule is COc1cc(NC(=O)Cn2c(=O)n(CC3CCCO3)c(=O)c3sc4ncccc4c32)cc(OC)c1. The maximum absolute atomic E-state index is 13.6. The van der Waals surface area contributed by atoms with Crippen LogP contribution in [0.5, 0.6) is 11.5 Å². The molecule has 0 saturated carbocycles. The number of nitrogens with zero attached hydrogens (tertiary/aromatic N) is 3. The summed E-state index contributed by atoms with van der Waals surface area (Å²) in [5.74, 6) is 0.590. The predicted molar refractivity (Wildman–Crippen MR) is 133 cm³/mol. The fourth-order valence-electron chi connectivity index (χ4n) is 4.31. The van der Waals surface area contributed by atoms with Crippen LogP contribution in [0.1, 0.15) is 12.8 Å². The molecule has 1 N–H and O–H groups in total. The Morgan fingerprint density at radius 3 is 2.66 bits per heavy atom. The van der Waals surface area contributed by atoms with Crippen molar-refractivity contribution in [3.63, 3.8) is 0 Å². The third-order valence-corrected chi connectivity index (χ3v) is 7.05. The van der Waals surface area contributed by atoms with Gasteiger partial charge in [0, 0.05) is 42.1 Å². The number of aromatic nitrogens is 3. The number of hydrogen-bond donors (Lipinski definition) is 1. The lowest BCUT2D eigenvalue weighted by atomic mass is 10.2. The van der Waals surface area contributed by atoms with E-state index in [1.54, 1.807) is 36.5 Å². The van der Waals surface area contributed by atoms with Crippen molar-refractivity contribution in [3.8, 4) is 11.5 Å². The molecule has 1 aliphatic heterocycles. The van der Waals surface area contributed by atoms with Gasteiger partial charge in [0.2, 0.25) is 5.91 Å². The first kappa shape index (κ1) is 23.1. The fourth-order valence-corrected chi connectivity index (χ4v) is 5.40. The van der Waals surface area contributed by atoms with Gasteiger partial charge >= 0.3 is 5.69 Å². The van der Waals surface area contributed by atoms with Gasteiger partial charge < -0.3 is 19.5 Å². The van der Waals surface area contributed by atoms with Gasteiger partial charge in [0.05, 0.1) is 32.4 Å². The van der Waals surface area contributed by atoms with Crippen molar-refractivity contribution in [1.82, 2.24) is 14.1 Å². The summed E-state index contributed by atoms with van der Waals surface area (Å²) in [7, 11) is 3.04. The molecule has 4 aromatic rings. The Hall–Kier alpha value is -3.70. The molecule has 11 heteroatoms. The zero-order valence-corrected chi connectivity index (χ0v) is 20.1. The van der Waals surface area contributed by atoms with Crippen molar-refractivity contribution in [2.45, 2.75) is 32.0 Å². The van der Waals surface area contributed by atoms with Crippen molar-refractivity contribution in [2.24, 2.45) is 0 Å². The van der Waals surface area contributed by atoms with Gasteiger partial charge in [0.1, 0.15) is 27.6 Å². The molecular weight excluding hydrogens is 472 g/mol. The minimum atomic E-state index is -0.556. The molecule has 35 heavy (non-hydrogen) atoms. The molecule has 0 aliphatic carbocycles. The van der Waals surface area contributed by atoms with E-state index in [-0.39, 0.29) is 19.2 Å². The lowest BCUT2D eigenvalue weighted by Gasteiger charge is -2.15. The quantitative estimate of drug-likeness (QED) is 0.418. The second-order valence-corrected chi connectivity index (χ2v) is 9.20. The zero-order valence-electron chi connectivity index (χ0n) is 19.3. The lowest BCUT2D eigenvalue weighted by molar-refractivity contribution is -0.116. The summed E-state index contributed by atoms with van der Waals surface area (Å²) in [6.07, 6.45) is 3.08. The Morgan fingerprint density at radius 1 is 1.20 bits per heavy atom. The molecule has 10 nitrogen and oxygen atoms in total. The summed E-state index contributed by atoms with van der Waals surface area (Å²) in [4.78, 5) is 45.0. The largest absolute Gasteiger partial charge is 0.497 e. The molecule has 1 unspecified atom stereocenters. The molecule has 1 atom stereocenters. The second-order valence-electron chi connectivity index (χ2n) is 8.20. The van der Waals surface area contributed by atoms with Crippen LogP contribution in [0.4, 0.5) is 5.69 Å². The highest BCUT2D eigenvalue weighted by molar-refractivity contribution is 7.25. The van der Waals surface area contributed by atoms with Crippen LogP contribution in [0.3, 0.4) is 0 Å². The van der Waals surface area contributed by atoms with Gasteiger partial charge in [-0.3, -0.25) is 18.7 Å². The van der Waals surface area contributed by atoms with E-state index in [1.807, 2.05) is 0 Å². The van der Waals surface area contributed by atoms with Crippen LogP contribution in [-0.2, 0) is 22.6 Å². The summed E-state index contributed by atoms with van der Waals surface area (Å²) in [6.45, 7) is 0.459. The highest BCUT2D eigenvalue weighted by atomic mass is 32.1. The molecule has 0 bridgehead atoms. The number of methoxy groups -OCH3 is 2. The number of nitrogens with one attached hydrogen (secondary N) is 1. The zero-order chi connectivity index (χ0) is 24.5. The van der Waals surface area contributed by atoms with E-state index in [9.17, 15) is 14.4 Å². The monoisotopic (exact) mass is 496 g/mol. The van der Waals surface area contributed by atoms with Gasteiger partial charge in [-0.25, -0.2) is 9.78 Å². The topological polar surface area (TPSA) is 114 Å². The maximum Gasteiger partial charge on any atom is 0.332 e. The molecule has 182 valence electrons. The van der Waals surface area contributed by atoms with Crippen molar-refractivity contribution in [3.05, 3.63) is 57.4 Å². The van der Waals surface area contributed by atoms with Gasteiger partial charge in [-0.05, 0) is 25.0 Å². The number of benzene rings is 1. The van der Waals surface area contributed by atoms with Gasteiger partial charge in [-0.2, -0.15) is 0 Å². The number of ether oxygens (including phenoxy) is 3. The number of hydrogen-bond acceptors (Lipinski definition) is 8. The fraction of sp³-hybridized carbons (Fsp3) is 0.333. The van der Waals surface area contributed by atoms with Gasteiger partial charge in [-0.1, -0.05) is 0 Å². The van der Waals surface area contributed by atoms with E-state index in [4.69, 9.17) is 14.2 Å². The minimum Gasteiger partial charge on any atom is -0.497 e. The van der Waals surface area contributed by atoms with Gasteiger partial charge in [0.15, 0.2) is 0 Å². The number of carbonyl (C=O) groups excluding carboxylic acids is 1. The first-order valence-corrected chi connectivity index (χ1v) is 12.0.